The molecule has 1 aromatic heterocycles. The summed E-state index contributed by atoms with van der Waals surface area (Å²) in [5, 5.41) is 3.84. The fraction of sp³-hybridized carbons (Fsp3) is 0.600. The fourth-order valence-corrected chi connectivity index (χ4v) is 4.41. The van der Waals surface area contributed by atoms with Gasteiger partial charge in [0.2, 0.25) is 0 Å². The summed E-state index contributed by atoms with van der Waals surface area (Å²) < 4.78 is 27.4. The summed E-state index contributed by atoms with van der Waals surface area (Å²) in [7, 11) is -2.26. The van der Waals surface area contributed by atoms with E-state index in [0.29, 0.717) is 19.3 Å². The van der Waals surface area contributed by atoms with Crippen LogP contribution in [0.1, 0.15) is 19.3 Å². The van der Waals surface area contributed by atoms with Crippen LogP contribution in [0.3, 0.4) is 0 Å². The average Bonchev–Trinajstić information content (AvgIpc) is 2.69. The zero-order chi connectivity index (χ0) is 13.3. The molecule has 2 heterocycles. The molecule has 1 unspecified atom stereocenters. The van der Waals surface area contributed by atoms with Crippen molar-refractivity contribution >= 4 is 27.9 Å². The van der Waals surface area contributed by atoms with Crippen LogP contribution in [-0.4, -0.2) is 41.4 Å². The lowest BCUT2D eigenvalue weighted by atomic mass is 10.1. The summed E-state index contributed by atoms with van der Waals surface area (Å²) in [6, 6.07) is -0.602. The molecule has 0 spiro atoms. The Bertz CT molecular complexity index is 535. The van der Waals surface area contributed by atoms with Gasteiger partial charge in [-0.15, -0.1) is 0 Å². The quantitative estimate of drug-likeness (QED) is 0.773. The first-order valence-electron chi connectivity index (χ1n) is 5.63. The van der Waals surface area contributed by atoms with Crippen LogP contribution in [0, 0.1) is 0 Å². The van der Waals surface area contributed by atoms with E-state index < -0.39 is 16.1 Å². The monoisotopic (exact) mass is 291 g/mol. The number of hydrogen-bond donors (Lipinski definition) is 0. The standard InChI is InChI=1S/C10H14ClN3O3S/c1-13-10(9(11)6-12-13)18(16,17)14-5-3-2-4-8(14)7-15/h6-8H,2-5H2,1H3. The van der Waals surface area contributed by atoms with E-state index in [9.17, 15) is 13.2 Å². The van der Waals surface area contributed by atoms with E-state index in [1.54, 1.807) is 0 Å². The first kappa shape index (κ1) is 13.5. The third-order valence-electron chi connectivity index (χ3n) is 3.05. The number of aldehydes is 1. The molecule has 1 aromatic rings. The number of piperidine rings is 1. The summed E-state index contributed by atoms with van der Waals surface area (Å²) in [4.78, 5) is 11.0. The molecule has 1 fully saturated rings. The largest absolute Gasteiger partial charge is 0.302 e. The maximum Gasteiger partial charge on any atom is 0.262 e. The van der Waals surface area contributed by atoms with Crippen molar-refractivity contribution in [2.45, 2.75) is 30.3 Å². The smallest absolute Gasteiger partial charge is 0.262 e. The van der Waals surface area contributed by atoms with Crippen LogP contribution in [0.25, 0.3) is 0 Å². The van der Waals surface area contributed by atoms with Gasteiger partial charge < -0.3 is 4.79 Å². The minimum absolute atomic E-state index is 0.0575. The van der Waals surface area contributed by atoms with Crippen molar-refractivity contribution in [3.63, 3.8) is 0 Å². The molecule has 1 saturated heterocycles. The molecule has 0 aromatic carbocycles. The van der Waals surface area contributed by atoms with E-state index >= 15 is 0 Å². The minimum atomic E-state index is -3.77. The molecule has 1 aliphatic rings. The van der Waals surface area contributed by atoms with Crippen molar-refractivity contribution in [3.8, 4) is 0 Å². The Kier molecular flexibility index (Phi) is 3.74. The van der Waals surface area contributed by atoms with Gasteiger partial charge in [0.1, 0.15) is 6.29 Å². The van der Waals surface area contributed by atoms with E-state index in [0.717, 1.165) is 12.8 Å². The van der Waals surface area contributed by atoms with Gasteiger partial charge in [0, 0.05) is 13.6 Å². The van der Waals surface area contributed by atoms with Crippen molar-refractivity contribution in [2.24, 2.45) is 7.05 Å². The zero-order valence-electron chi connectivity index (χ0n) is 9.91. The van der Waals surface area contributed by atoms with Gasteiger partial charge >= 0.3 is 0 Å². The second-order valence-electron chi connectivity index (χ2n) is 4.24. The number of carbonyl (C=O) groups is 1. The van der Waals surface area contributed by atoms with Gasteiger partial charge in [-0.3, -0.25) is 4.68 Å². The first-order valence-corrected chi connectivity index (χ1v) is 7.45. The Morgan fingerprint density at radius 2 is 2.22 bits per heavy atom. The second kappa shape index (κ2) is 4.99. The molecule has 2 rings (SSSR count). The number of sulfonamides is 1. The fourth-order valence-electron chi connectivity index (χ4n) is 2.17. The number of rotatable bonds is 3. The highest BCUT2D eigenvalue weighted by Crippen LogP contribution is 2.28. The van der Waals surface area contributed by atoms with Crippen LogP contribution in [0.4, 0.5) is 0 Å². The summed E-state index contributed by atoms with van der Waals surface area (Å²) in [6.45, 7) is 0.341. The molecule has 1 atom stereocenters. The summed E-state index contributed by atoms with van der Waals surface area (Å²) in [6.07, 6.45) is 4.13. The van der Waals surface area contributed by atoms with E-state index in [1.165, 1.54) is 22.2 Å². The van der Waals surface area contributed by atoms with E-state index in [4.69, 9.17) is 11.6 Å². The summed E-state index contributed by atoms with van der Waals surface area (Å²) in [5.41, 5.74) is 0. The van der Waals surface area contributed by atoms with Crippen molar-refractivity contribution in [1.29, 1.82) is 0 Å². The topological polar surface area (TPSA) is 72.3 Å². The van der Waals surface area contributed by atoms with E-state index in [1.807, 2.05) is 0 Å². The number of aromatic nitrogens is 2. The molecule has 0 aliphatic carbocycles. The van der Waals surface area contributed by atoms with Gasteiger partial charge in [-0.25, -0.2) is 8.42 Å². The molecule has 0 bridgehead atoms. The molecule has 0 N–H and O–H groups in total. The average molecular weight is 292 g/mol. The Labute approximate surface area is 111 Å². The maximum absolute atomic E-state index is 12.5. The molecule has 1 aliphatic heterocycles. The molecule has 18 heavy (non-hydrogen) atoms. The Morgan fingerprint density at radius 1 is 1.50 bits per heavy atom. The third-order valence-corrected chi connectivity index (χ3v) is 5.48. The van der Waals surface area contributed by atoms with Crippen molar-refractivity contribution in [2.75, 3.05) is 6.54 Å². The highest BCUT2D eigenvalue weighted by atomic mass is 35.5. The molecule has 0 saturated carbocycles. The highest BCUT2D eigenvalue weighted by molar-refractivity contribution is 7.89. The first-order chi connectivity index (χ1) is 8.48. The molecule has 8 heteroatoms. The number of halogens is 1. The van der Waals surface area contributed by atoms with Crippen molar-refractivity contribution in [1.82, 2.24) is 14.1 Å². The van der Waals surface area contributed by atoms with E-state index in [2.05, 4.69) is 5.10 Å². The van der Waals surface area contributed by atoms with Crippen molar-refractivity contribution in [3.05, 3.63) is 11.2 Å². The molecule has 6 nitrogen and oxygen atoms in total. The predicted octanol–water partition coefficient (Wildman–Crippen LogP) is 0.816. The number of nitrogens with zero attached hydrogens (tertiary/aromatic N) is 3. The van der Waals surface area contributed by atoms with Crippen LogP contribution in [0.15, 0.2) is 11.2 Å². The van der Waals surface area contributed by atoms with Crippen molar-refractivity contribution < 1.29 is 13.2 Å². The van der Waals surface area contributed by atoms with Gasteiger partial charge in [0.25, 0.3) is 10.0 Å². The Morgan fingerprint density at radius 3 is 2.78 bits per heavy atom. The lowest BCUT2D eigenvalue weighted by Crippen LogP contribution is -2.45. The highest BCUT2D eigenvalue weighted by Gasteiger charge is 2.36. The Hall–Kier alpha value is -0.920. The second-order valence-corrected chi connectivity index (χ2v) is 6.45. The summed E-state index contributed by atoms with van der Waals surface area (Å²) >= 11 is 5.86. The van der Waals surface area contributed by atoms with Crippen LogP contribution < -0.4 is 0 Å². The maximum atomic E-state index is 12.5. The number of hydrogen-bond acceptors (Lipinski definition) is 4. The van der Waals surface area contributed by atoms with Crippen LogP contribution in [-0.2, 0) is 21.9 Å². The molecule has 0 radical (unpaired) electrons. The molecular weight excluding hydrogens is 278 g/mol. The van der Waals surface area contributed by atoms with Crippen LogP contribution in [0.5, 0.6) is 0 Å². The third kappa shape index (κ3) is 2.17. The predicted molar refractivity (Wildman–Crippen MR) is 65.8 cm³/mol. The molecule has 0 amide bonds. The normalized spacial score (nSPS) is 22.0. The van der Waals surface area contributed by atoms with Gasteiger partial charge in [0.05, 0.1) is 17.3 Å². The van der Waals surface area contributed by atoms with Gasteiger partial charge in [-0.05, 0) is 12.8 Å². The lowest BCUT2D eigenvalue weighted by Gasteiger charge is -2.31. The Balaban J connectivity index is 2.45. The molecular formula is C10H14ClN3O3S. The molecule has 100 valence electrons. The number of carbonyl (C=O) groups excluding carboxylic acids is 1. The van der Waals surface area contributed by atoms with Gasteiger partial charge in [0.15, 0.2) is 5.03 Å². The minimum Gasteiger partial charge on any atom is -0.302 e. The zero-order valence-corrected chi connectivity index (χ0v) is 11.5. The van der Waals surface area contributed by atoms with Crippen LogP contribution in [0.2, 0.25) is 5.02 Å². The summed E-state index contributed by atoms with van der Waals surface area (Å²) in [5.74, 6) is 0. The lowest BCUT2D eigenvalue weighted by molar-refractivity contribution is -0.111. The van der Waals surface area contributed by atoms with E-state index in [-0.39, 0.29) is 10.0 Å². The number of aryl methyl sites for hydroxylation is 1. The van der Waals surface area contributed by atoms with Gasteiger partial charge in [-0.1, -0.05) is 18.0 Å². The van der Waals surface area contributed by atoms with Gasteiger partial charge in [-0.2, -0.15) is 9.40 Å². The van der Waals surface area contributed by atoms with Crippen LogP contribution >= 0.6 is 11.6 Å². The SMILES string of the molecule is Cn1ncc(Cl)c1S(=O)(=O)N1CCCCC1C=O.